The van der Waals surface area contributed by atoms with Crippen LogP contribution < -0.4 is 4.74 Å². The summed E-state index contributed by atoms with van der Waals surface area (Å²) >= 11 is 0. The van der Waals surface area contributed by atoms with E-state index in [1.54, 1.807) is 13.2 Å². The van der Waals surface area contributed by atoms with Gasteiger partial charge in [0.15, 0.2) is 0 Å². The van der Waals surface area contributed by atoms with Crippen molar-refractivity contribution in [1.29, 1.82) is 0 Å². The molecule has 0 bridgehead atoms. The predicted octanol–water partition coefficient (Wildman–Crippen LogP) is 3.02. The van der Waals surface area contributed by atoms with Gasteiger partial charge in [0.25, 0.3) is 0 Å². The van der Waals surface area contributed by atoms with Gasteiger partial charge in [-0.1, -0.05) is 26.0 Å². The van der Waals surface area contributed by atoms with Crippen molar-refractivity contribution >= 4 is 24.5 Å². The van der Waals surface area contributed by atoms with Gasteiger partial charge < -0.3 is 14.4 Å². The number of nitrogens with zero attached hydrogens (tertiary/aromatic N) is 1. The molecule has 0 aliphatic heterocycles. The Kier molecular flexibility index (Phi) is 10.4. The molecule has 0 fully saturated rings. The number of methoxy groups -OCH3 is 1. The molecule has 0 aliphatic rings. The van der Waals surface area contributed by atoms with Gasteiger partial charge in [-0.2, -0.15) is 0 Å². The smallest absolute Gasteiger partial charge is 0.330 e. The van der Waals surface area contributed by atoms with Crippen LogP contribution >= 0.6 is 12.4 Å². The summed E-state index contributed by atoms with van der Waals surface area (Å²) in [4.78, 5) is 13.8. The van der Waals surface area contributed by atoms with E-state index in [1.807, 2.05) is 24.3 Å². The molecule has 0 amide bonds. The van der Waals surface area contributed by atoms with Crippen LogP contribution in [0, 0.1) is 0 Å². The van der Waals surface area contributed by atoms with Crippen molar-refractivity contribution < 1.29 is 14.3 Å². The molecule has 1 aromatic rings. The van der Waals surface area contributed by atoms with Gasteiger partial charge in [-0.15, -0.1) is 12.4 Å². The molecule has 0 saturated heterocycles. The second-order valence-electron chi connectivity index (χ2n) is 4.30. The van der Waals surface area contributed by atoms with Crippen LogP contribution in [0.1, 0.15) is 19.4 Å². The lowest BCUT2D eigenvalue weighted by Crippen LogP contribution is -2.27. The number of hydrogen-bond acceptors (Lipinski definition) is 4. The normalized spacial score (nSPS) is 10.5. The van der Waals surface area contributed by atoms with E-state index in [0.717, 1.165) is 30.9 Å². The number of rotatable bonds is 8. The molecule has 4 nitrogen and oxygen atoms in total. The van der Waals surface area contributed by atoms with E-state index in [2.05, 4.69) is 18.7 Å². The summed E-state index contributed by atoms with van der Waals surface area (Å²) in [7, 11) is 1.62. The van der Waals surface area contributed by atoms with E-state index in [0.29, 0.717) is 6.61 Å². The molecule has 1 aromatic carbocycles. The molecule has 0 N–H and O–H groups in total. The van der Waals surface area contributed by atoms with E-state index in [4.69, 9.17) is 9.47 Å². The van der Waals surface area contributed by atoms with E-state index >= 15 is 0 Å². The van der Waals surface area contributed by atoms with Crippen LogP contribution in [0.3, 0.4) is 0 Å². The highest BCUT2D eigenvalue weighted by Gasteiger charge is 2.01. The molecule has 1 rings (SSSR count). The highest BCUT2D eigenvalue weighted by molar-refractivity contribution is 5.87. The Morgan fingerprint density at radius 3 is 2.33 bits per heavy atom. The van der Waals surface area contributed by atoms with Crippen molar-refractivity contribution in [3.05, 3.63) is 35.9 Å². The fourth-order valence-electron chi connectivity index (χ4n) is 1.74. The van der Waals surface area contributed by atoms with Crippen LogP contribution in [0.5, 0.6) is 5.75 Å². The lowest BCUT2D eigenvalue weighted by atomic mass is 10.2. The summed E-state index contributed by atoms with van der Waals surface area (Å²) < 4.78 is 10.2. The van der Waals surface area contributed by atoms with Crippen LogP contribution in [-0.4, -0.2) is 44.2 Å². The first-order valence-electron chi connectivity index (χ1n) is 6.90. The summed E-state index contributed by atoms with van der Waals surface area (Å²) in [6.45, 7) is 7.32. The standard InChI is InChI=1S/C16H23NO3.ClH/c1-4-17(5-2)12-13-20-16(18)11-8-14-6-9-15(19-3)10-7-14;/h6-11H,4-5,12-13H2,1-3H3;1H. The Morgan fingerprint density at radius 2 is 1.81 bits per heavy atom. The summed E-state index contributed by atoms with van der Waals surface area (Å²) in [6.07, 6.45) is 3.18. The van der Waals surface area contributed by atoms with Crippen molar-refractivity contribution in [2.24, 2.45) is 0 Å². The maximum absolute atomic E-state index is 11.5. The Hall–Kier alpha value is -1.52. The third kappa shape index (κ3) is 7.73. The monoisotopic (exact) mass is 313 g/mol. The van der Waals surface area contributed by atoms with E-state index in [1.165, 1.54) is 6.08 Å². The Bertz CT molecular complexity index is 428. The van der Waals surface area contributed by atoms with Crippen LogP contribution in [0.4, 0.5) is 0 Å². The SMILES string of the molecule is CCN(CC)CCOC(=O)C=Cc1ccc(OC)cc1.Cl. The molecule has 0 unspecified atom stereocenters. The van der Waals surface area contributed by atoms with Gasteiger partial charge in [-0.3, -0.25) is 0 Å². The zero-order valence-corrected chi connectivity index (χ0v) is 13.7. The molecule has 0 radical (unpaired) electrons. The fourth-order valence-corrected chi connectivity index (χ4v) is 1.74. The average Bonchev–Trinajstić information content (AvgIpc) is 2.50. The number of likely N-dealkylation sites (N-methyl/N-ethyl adjacent to an activating group) is 1. The number of halogens is 1. The largest absolute Gasteiger partial charge is 0.497 e. The second-order valence-corrected chi connectivity index (χ2v) is 4.30. The van der Waals surface area contributed by atoms with Gasteiger partial charge in [0.1, 0.15) is 12.4 Å². The maximum atomic E-state index is 11.5. The predicted molar refractivity (Wildman–Crippen MR) is 88.0 cm³/mol. The van der Waals surface area contributed by atoms with Gasteiger partial charge in [0, 0.05) is 12.6 Å². The number of benzene rings is 1. The lowest BCUT2D eigenvalue weighted by Gasteiger charge is -2.16. The van der Waals surface area contributed by atoms with Crippen molar-refractivity contribution in [1.82, 2.24) is 4.90 Å². The minimum Gasteiger partial charge on any atom is -0.497 e. The lowest BCUT2D eigenvalue weighted by molar-refractivity contribution is -0.138. The molecule has 0 aliphatic carbocycles. The highest BCUT2D eigenvalue weighted by Crippen LogP contribution is 2.12. The first-order valence-corrected chi connectivity index (χ1v) is 6.90. The molecule has 0 saturated carbocycles. The minimum absolute atomic E-state index is 0. The van der Waals surface area contributed by atoms with Gasteiger partial charge in [0.2, 0.25) is 0 Å². The first-order chi connectivity index (χ1) is 9.69. The molecule has 0 heterocycles. The molecule has 0 atom stereocenters. The Morgan fingerprint density at radius 1 is 1.19 bits per heavy atom. The quantitative estimate of drug-likeness (QED) is 0.546. The third-order valence-electron chi connectivity index (χ3n) is 3.07. The van der Waals surface area contributed by atoms with Crippen molar-refractivity contribution in [2.75, 3.05) is 33.4 Å². The third-order valence-corrected chi connectivity index (χ3v) is 3.07. The molecular weight excluding hydrogens is 290 g/mol. The number of hydrogen-bond donors (Lipinski definition) is 0. The second kappa shape index (κ2) is 11.2. The zero-order chi connectivity index (χ0) is 14.8. The molecular formula is C16H24ClNO3. The number of carbonyl (C=O) groups excluding carboxylic acids is 1. The fraction of sp³-hybridized carbons (Fsp3) is 0.438. The number of esters is 1. The summed E-state index contributed by atoms with van der Waals surface area (Å²) in [6, 6.07) is 7.48. The van der Waals surface area contributed by atoms with E-state index in [9.17, 15) is 4.79 Å². The Labute approximate surface area is 133 Å². The van der Waals surface area contributed by atoms with Crippen LogP contribution in [-0.2, 0) is 9.53 Å². The summed E-state index contributed by atoms with van der Waals surface area (Å²) in [5.41, 5.74) is 0.937. The first kappa shape index (κ1) is 19.5. The molecule has 0 spiro atoms. The molecule has 0 aromatic heterocycles. The number of carbonyl (C=O) groups is 1. The van der Waals surface area contributed by atoms with Gasteiger partial charge >= 0.3 is 5.97 Å². The van der Waals surface area contributed by atoms with Crippen molar-refractivity contribution in [2.45, 2.75) is 13.8 Å². The topological polar surface area (TPSA) is 38.8 Å². The van der Waals surface area contributed by atoms with E-state index in [-0.39, 0.29) is 18.4 Å². The summed E-state index contributed by atoms with van der Waals surface area (Å²) in [5, 5.41) is 0. The molecule has 118 valence electrons. The highest BCUT2D eigenvalue weighted by atomic mass is 35.5. The van der Waals surface area contributed by atoms with Crippen LogP contribution in [0.25, 0.3) is 6.08 Å². The minimum atomic E-state index is -0.312. The summed E-state index contributed by atoms with van der Waals surface area (Å²) in [5.74, 6) is 0.483. The van der Waals surface area contributed by atoms with Crippen LogP contribution in [0.15, 0.2) is 30.3 Å². The maximum Gasteiger partial charge on any atom is 0.330 e. The Balaban J connectivity index is 0.00000400. The molecule has 21 heavy (non-hydrogen) atoms. The van der Waals surface area contributed by atoms with Crippen molar-refractivity contribution in [3.8, 4) is 5.75 Å². The van der Waals surface area contributed by atoms with Crippen molar-refractivity contribution in [3.63, 3.8) is 0 Å². The van der Waals surface area contributed by atoms with Crippen LogP contribution in [0.2, 0.25) is 0 Å². The molecule has 5 heteroatoms. The average molecular weight is 314 g/mol. The van der Waals surface area contributed by atoms with Gasteiger partial charge in [-0.05, 0) is 36.9 Å². The zero-order valence-electron chi connectivity index (χ0n) is 12.9. The van der Waals surface area contributed by atoms with Gasteiger partial charge in [0.05, 0.1) is 7.11 Å². The number of ether oxygens (including phenoxy) is 2. The van der Waals surface area contributed by atoms with E-state index < -0.39 is 0 Å². The van der Waals surface area contributed by atoms with Gasteiger partial charge in [-0.25, -0.2) is 4.79 Å².